The molecule has 26 heavy (non-hydrogen) atoms. The van der Waals surface area contributed by atoms with Gasteiger partial charge in [-0.05, 0) is 37.6 Å². The van der Waals surface area contributed by atoms with Crippen LogP contribution < -0.4 is 0 Å². The van der Waals surface area contributed by atoms with Crippen molar-refractivity contribution in [2.75, 3.05) is 13.7 Å². The van der Waals surface area contributed by atoms with E-state index in [0.717, 1.165) is 22.2 Å². The van der Waals surface area contributed by atoms with Crippen molar-refractivity contribution >= 4 is 46.1 Å². The van der Waals surface area contributed by atoms with E-state index in [1.807, 2.05) is 30.3 Å². The first-order chi connectivity index (χ1) is 12.0. The summed E-state index contributed by atoms with van der Waals surface area (Å²) in [6.45, 7) is 5.48. The summed E-state index contributed by atoms with van der Waals surface area (Å²) in [5.74, 6) is 0.414. The highest BCUT2D eigenvalue weighted by Crippen LogP contribution is 2.30. The van der Waals surface area contributed by atoms with Crippen LogP contribution in [0, 0.1) is 13.8 Å². The number of benzene rings is 1. The molecule has 2 heterocycles. The van der Waals surface area contributed by atoms with Crippen molar-refractivity contribution in [3.63, 3.8) is 0 Å². The smallest absolute Gasteiger partial charge is 0.269 e. The standard InChI is InChI=1S/C19H21ClN2O2S.ClH/c1-13-14(2)22(10-11-24-3)18-17(13)8-9-21-19(18)25(23)12-15-4-6-16(20)7-5-15;/h4-9H,10-12H2,1-3H3;1H. The summed E-state index contributed by atoms with van der Waals surface area (Å²) in [6, 6.07) is 9.43. The van der Waals surface area contributed by atoms with Gasteiger partial charge in [0.15, 0.2) is 0 Å². The Morgan fingerprint density at radius 2 is 1.88 bits per heavy atom. The minimum atomic E-state index is -1.24. The highest BCUT2D eigenvalue weighted by atomic mass is 35.5. The fourth-order valence-corrected chi connectivity index (χ4v) is 4.36. The number of pyridine rings is 1. The topological polar surface area (TPSA) is 50.1 Å². The van der Waals surface area contributed by atoms with Crippen LogP contribution in [0.2, 0.25) is 5.02 Å². The van der Waals surface area contributed by atoms with Crippen molar-refractivity contribution in [1.29, 1.82) is 0 Å². The molecule has 2 aromatic heterocycles. The average Bonchev–Trinajstić information content (AvgIpc) is 2.86. The Morgan fingerprint density at radius 3 is 2.54 bits per heavy atom. The summed E-state index contributed by atoms with van der Waals surface area (Å²) in [7, 11) is 1.69. The van der Waals surface area contributed by atoms with Crippen LogP contribution in [0.25, 0.3) is 10.9 Å². The molecule has 0 fully saturated rings. The van der Waals surface area contributed by atoms with Gasteiger partial charge >= 0.3 is 0 Å². The molecule has 0 aliphatic carbocycles. The molecule has 1 aromatic carbocycles. The van der Waals surface area contributed by atoms with Gasteiger partial charge < -0.3 is 13.9 Å². The molecule has 0 saturated heterocycles. The average molecular weight is 413 g/mol. The molecular formula is C19H22Cl2N2O2S. The molecule has 1 unspecified atom stereocenters. The molecule has 0 spiro atoms. The zero-order chi connectivity index (χ0) is 18.0. The molecule has 0 aliphatic rings. The molecule has 1 atom stereocenters. The summed E-state index contributed by atoms with van der Waals surface area (Å²) in [5.41, 5.74) is 4.27. The highest BCUT2D eigenvalue weighted by Gasteiger charge is 2.23. The van der Waals surface area contributed by atoms with Crippen LogP contribution in [-0.2, 0) is 28.2 Å². The summed E-state index contributed by atoms with van der Waals surface area (Å²) in [5, 5.41) is 2.40. The van der Waals surface area contributed by atoms with Crippen LogP contribution in [-0.4, -0.2) is 27.8 Å². The number of ether oxygens (including phenoxy) is 1. The largest absolute Gasteiger partial charge is 0.610 e. The van der Waals surface area contributed by atoms with Gasteiger partial charge in [-0.3, -0.25) is 0 Å². The van der Waals surface area contributed by atoms with Crippen molar-refractivity contribution < 1.29 is 9.29 Å². The van der Waals surface area contributed by atoms with E-state index in [1.165, 1.54) is 5.56 Å². The maximum Gasteiger partial charge on any atom is 0.269 e. The number of fused-ring (bicyclic) bond motifs is 1. The SMILES string of the molecule is COCCn1c(C)c(C)c2ccnc([S+]([O-])Cc3ccc(Cl)cc3)c21.Cl. The quantitative estimate of drug-likeness (QED) is 0.552. The third-order valence-corrected chi connectivity index (χ3v) is 6.04. The van der Waals surface area contributed by atoms with Crippen LogP contribution in [0.3, 0.4) is 0 Å². The van der Waals surface area contributed by atoms with Crippen molar-refractivity contribution in [3.05, 3.63) is 58.4 Å². The monoisotopic (exact) mass is 412 g/mol. The van der Waals surface area contributed by atoms with Gasteiger partial charge in [-0.25, -0.2) is 4.98 Å². The van der Waals surface area contributed by atoms with Gasteiger partial charge in [0.1, 0.15) is 11.3 Å². The molecule has 4 nitrogen and oxygen atoms in total. The van der Waals surface area contributed by atoms with Crippen LogP contribution in [0.15, 0.2) is 41.6 Å². The van der Waals surface area contributed by atoms with Crippen LogP contribution >= 0.6 is 24.0 Å². The number of methoxy groups -OCH3 is 1. The van der Waals surface area contributed by atoms with E-state index in [2.05, 4.69) is 23.4 Å². The Morgan fingerprint density at radius 1 is 1.19 bits per heavy atom. The highest BCUT2D eigenvalue weighted by molar-refractivity contribution is 7.90. The van der Waals surface area contributed by atoms with Crippen molar-refractivity contribution in [3.8, 4) is 0 Å². The lowest BCUT2D eigenvalue weighted by molar-refractivity contribution is 0.187. The minimum Gasteiger partial charge on any atom is -0.610 e. The summed E-state index contributed by atoms with van der Waals surface area (Å²) >= 11 is 4.69. The first-order valence-electron chi connectivity index (χ1n) is 8.09. The molecule has 0 saturated carbocycles. The van der Waals surface area contributed by atoms with Crippen molar-refractivity contribution in [2.24, 2.45) is 0 Å². The predicted octanol–water partition coefficient (Wildman–Crippen LogP) is 4.68. The van der Waals surface area contributed by atoms with Crippen molar-refractivity contribution in [1.82, 2.24) is 9.55 Å². The maximum atomic E-state index is 13.0. The van der Waals surface area contributed by atoms with Gasteiger partial charge in [0.25, 0.3) is 5.03 Å². The van der Waals surface area contributed by atoms with E-state index < -0.39 is 11.2 Å². The van der Waals surface area contributed by atoms with E-state index in [4.69, 9.17) is 16.3 Å². The number of rotatable bonds is 6. The molecule has 0 radical (unpaired) electrons. The molecule has 0 bridgehead atoms. The van der Waals surface area contributed by atoms with Crippen LogP contribution in [0.4, 0.5) is 0 Å². The molecule has 0 aliphatic heterocycles. The lowest BCUT2D eigenvalue weighted by atomic mass is 10.2. The minimum absolute atomic E-state index is 0. The van der Waals surface area contributed by atoms with Gasteiger partial charge in [-0.15, -0.1) is 12.4 Å². The summed E-state index contributed by atoms with van der Waals surface area (Å²) in [4.78, 5) is 4.46. The lowest BCUT2D eigenvalue weighted by Crippen LogP contribution is -2.12. The maximum absolute atomic E-state index is 13.0. The number of hydrogen-bond donors (Lipinski definition) is 0. The van der Waals surface area contributed by atoms with Crippen molar-refractivity contribution in [2.45, 2.75) is 31.2 Å². The number of halogens is 2. The molecule has 0 N–H and O–H groups in total. The summed E-state index contributed by atoms with van der Waals surface area (Å²) < 4.78 is 20.4. The number of hydrogen-bond acceptors (Lipinski definition) is 3. The second-order valence-corrected chi connectivity index (χ2v) is 7.79. The Bertz CT molecular complexity index is 881. The van der Waals surface area contributed by atoms with E-state index in [1.54, 1.807) is 13.3 Å². The zero-order valence-electron chi connectivity index (χ0n) is 15.0. The number of nitrogens with zero attached hydrogens (tertiary/aromatic N) is 2. The molecule has 140 valence electrons. The lowest BCUT2D eigenvalue weighted by Gasteiger charge is -2.13. The van der Waals surface area contributed by atoms with Gasteiger partial charge in [-0.1, -0.05) is 23.7 Å². The van der Waals surface area contributed by atoms with E-state index in [0.29, 0.717) is 29.0 Å². The van der Waals surface area contributed by atoms with Gasteiger partial charge in [0.2, 0.25) is 0 Å². The first-order valence-corrected chi connectivity index (χ1v) is 9.78. The molecule has 7 heteroatoms. The number of aromatic nitrogens is 2. The van der Waals surface area contributed by atoms with E-state index >= 15 is 0 Å². The van der Waals surface area contributed by atoms with E-state index in [9.17, 15) is 4.55 Å². The normalized spacial score (nSPS) is 12.2. The zero-order valence-corrected chi connectivity index (χ0v) is 17.4. The predicted molar refractivity (Wildman–Crippen MR) is 110 cm³/mol. The molecule has 3 aromatic rings. The fourth-order valence-electron chi connectivity index (χ4n) is 2.99. The summed E-state index contributed by atoms with van der Waals surface area (Å²) in [6.07, 6.45) is 1.74. The Labute approximate surface area is 168 Å². The number of aryl methyl sites for hydroxylation is 1. The Hall–Kier alpha value is -1.24. The van der Waals surface area contributed by atoms with Gasteiger partial charge in [0, 0.05) is 52.7 Å². The second-order valence-electron chi connectivity index (χ2n) is 5.98. The second kappa shape index (κ2) is 9.11. The van der Waals surface area contributed by atoms with E-state index in [-0.39, 0.29) is 12.4 Å². The van der Waals surface area contributed by atoms with Gasteiger partial charge in [0.05, 0.1) is 6.61 Å². The van der Waals surface area contributed by atoms with Crippen LogP contribution in [0.5, 0.6) is 0 Å². The third-order valence-electron chi connectivity index (χ3n) is 4.46. The molecule has 3 rings (SSSR count). The third kappa shape index (κ3) is 4.18. The molecular weight excluding hydrogens is 391 g/mol. The Balaban J connectivity index is 0.00000243. The molecule has 0 amide bonds. The first kappa shape index (κ1) is 21.1. The Kier molecular flexibility index (Phi) is 7.38. The van der Waals surface area contributed by atoms with Gasteiger partial charge in [-0.2, -0.15) is 0 Å². The van der Waals surface area contributed by atoms with Crippen LogP contribution in [0.1, 0.15) is 16.8 Å². The fraction of sp³-hybridized carbons (Fsp3) is 0.316.